The van der Waals surface area contributed by atoms with Gasteiger partial charge in [0, 0.05) is 29.9 Å². The summed E-state index contributed by atoms with van der Waals surface area (Å²) in [4.78, 5) is 9.39. The van der Waals surface area contributed by atoms with E-state index in [9.17, 15) is 0 Å². The Morgan fingerprint density at radius 2 is 1.73 bits per heavy atom. The van der Waals surface area contributed by atoms with Crippen LogP contribution in [0.3, 0.4) is 0 Å². The van der Waals surface area contributed by atoms with Crippen molar-refractivity contribution in [3.8, 4) is 0 Å². The third-order valence-corrected chi connectivity index (χ3v) is 5.39. The van der Waals surface area contributed by atoms with E-state index in [4.69, 9.17) is 0 Å². The number of aryl methyl sites for hydroxylation is 1. The summed E-state index contributed by atoms with van der Waals surface area (Å²) >= 11 is 1.86. The molecule has 2 rings (SSSR count). The maximum absolute atomic E-state index is 4.32. The maximum Gasteiger partial charge on any atom is 0.191 e. The third-order valence-electron chi connectivity index (χ3n) is 4.16. The molecule has 4 nitrogen and oxygen atoms in total. The van der Waals surface area contributed by atoms with Gasteiger partial charge in [-0.15, -0.1) is 35.3 Å². The van der Waals surface area contributed by atoms with Gasteiger partial charge in [-0.25, -0.2) is 0 Å². The van der Waals surface area contributed by atoms with E-state index in [-0.39, 0.29) is 24.0 Å². The topological polar surface area (TPSA) is 39.7 Å². The minimum Gasteiger partial charge on any atom is -0.352 e. The number of guanidine groups is 1. The van der Waals surface area contributed by atoms with Crippen molar-refractivity contribution in [2.75, 3.05) is 20.6 Å². The van der Waals surface area contributed by atoms with Crippen molar-refractivity contribution in [3.05, 3.63) is 57.3 Å². The van der Waals surface area contributed by atoms with E-state index in [2.05, 4.69) is 77.8 Å². The molecule has 1 aromatic heterocycles. The molecule has 144 valence electrons. The lowest BCUT2D eigenvalue weighted by Crippen LogP contribution is -2.36. The first-order valence-electron chi connectivity index (χ1n) is 8.93. The summed E-state index contributed by atoms with van der Waals surface area (Å²) in [5, 5.41) is 6.79. The second kappa shape index (κ2) is 12.3. The zero-order chi connectivity index (χ0) is 18.1. The molecule has 0 unspecified atom stereocenters. The molecule has 1 heterocycles. The molecule has 0 radical (unpaired) electrons. The van der Waals surface area contributed by atoms with Gasteiger partial charge in [0.2, 0.25) is 0 Å². The first-order valence-corrected chi connectivity index (χ1v) is 9.74. The van der Waals surface area contributed by atoms with Gasteiger partial charge in [0.05, 0.1) is 6.54 Å². The van der Waals surface area contributed by atoms with Gasteiger partial charge in [0.15, 0.2) is 5.96 Å². The number of aliphatic imine (C=N–C) groups is 1. The fourth-order valence-electron chi connectivity index (χ4n) is 2.55. The molecule has 2 aromatic rings. The maximum atomic E-state index is 4.32. The van der Waals surface area contributed by atoms with Crippen molar-refractivity contribution in [2.24, 2.45) is 4.99 Å². The van der Waals surface area contributed by atoms with E-state index < -0.39 is 0 Å². The van der Waals surface area contributed by atoms with Crippen LogP contribution in [0.2, 0.25) is 0 Å². The van der Waals surface area contributed by atoms with E-state index in [1.54, 1.807) is 0 Å². The molecule has 26 heavy (non-hydrogen) atoms. The van der Waals surface area contributed by atoms with Crippen LogP contribution in [0, 0.1) is 0 Å². The second-order valence-electron chi connectivity index (χ2n) is 6.15. The van der Waals surface area contributed by atoms with Crippen LogP contribution in [0.4, 0.5) is 0 Å². The van der Waals surface area contributed by atoms with Crippen LogP contribution < -0.4 is 10.6 Å². The molecule has 0 atom stereocenters. The summed E-state index contributed by atoms with van der Waals surface area (Å²) in [7, 11) is 3.96. The molecule has 0 fully saturated rings. The molecular weight excluding hydrogens is 455 g/mol. The molecule has 1 aromatic carbocycles. The molecule has 0 saturated carbocycles. The smallest absolute Gasteiger partial charge is 0.191 e. The largest absolute Gasteiger partial charge is 0.352 e. The van der Waals surface area contributed by atoms with E-state index >= 15 is 0 Å². The average Bonchev–Trinajstić information content (AvgIpc) is 3.10. The van der Waals surface area contributed by atoms with E-state index in [1.807, 2.05) is 18.4 Å². The van der Waals surface area contributed by atoms with Gasteiger partial charge in [0.25, 0.3) is 0 Å². The Labute approximate surface area is 179 Å². The number of hydrogen-bond acceptors (Lipinski definition) is 3. The molecule has 6 heteroatoms. The first-order chi connectivity index (χ1) is 12.1. The van der Waals surface area contributed by atoms with Gasteiger partial charge in [-0.2, -0.15) is 0 Å². The SMILES string of the molecule is CCc1ccc(CNC(=NC)NCc2cccc(CN(C)CC)c2)s1.I. The van der Waals surface area contributed by atoms with Crippen molar-refractivity contribution in [3.63, 3.8) is 0 Å². The number of hydrogen-bond donors (Lipinski definition) is 2. The Morgan fingerprint density at radius 1 is 1.04 bits per heavy atom. The van der Waals surface area contributed by atoms with Crippen molar-refractivity contribution >= 4 is 41.3 Å². The van der Waals surface area contributed by atoms with Gasteiger partial charge in [-0.3, -0.25) is 4.99 Å². The van der Waals surface area contributed by atoms with Crippen LogP contribution in [0.25, 0.3) is 0 Å². The summed E-state index contributed by atoms with van der Waals surface area (Å²) in [5.41, 5.74) is 2.62. The van der Waals surface area contributed by atoms with Crippen molar-refractivity contribution in [2.45, 2.75) is 39.9 Å². The second-order valence-corrected chi connectivity index (χ2v) is 7.40. The Kier molecular flexibility index (Phi) is 10.8. The van der Waals surface area contributed by atoms with Gasteiger partial charge in [0.1, 0.15) is 0 Å². The zero-order valence-electron chi connectivity index (χ0n) is 16.2. The van der Waals surface area contributed by atoms with Crippen LogP contribution in [-0.2, 0) is 26.1 Å². The lowest BCUT2D eigenvalue weighted by molar-refractivity contribution is 0.345. The average molecular weight is 486 g/mol. The number of halogens is 1. The van der Waals surface area contributed by atoms with Crippen LogP contribution in [-0.4, -0.2) is 31.5 Å². The number of nitrogens with zero attached hydrogens (tertiary/aromatic N) is 2. The Balaban J connectivity index is 0.00000338. The van der Waals surface area contributed by atoms with Gasteiger partial charge in [-0.1, -0.05) is 38.1 Å². The minimum absolute atomic E-state index is 0. The highest BCUT2D eigenvalue weighted by Gasteiger charge is 2.03. The van der Waals surface area contributed by atoms with E-state index in [0.717, 1.165) is 38.6 Å². The number of benzene rings is 1. The fraction of sp³-hybridized carbons (Fsp3) is 0.450. The van der Waals surface area contributed by atoms with Gasteiger partial charge < -0.3 is 15.5 Å². The third kappa shape index (κ3) is 7.63. The highest BCUT2D eigenvalue weighted by molar-refractivity contribution is 14.0. The minimum atomic E-state index is 0. The lowest BCUT2D eigenvalue weighted by Gasteiger charge is -2.15. The highest BCUT2D eigenvalue weighted by Crippen LogP contribution is 2.16. The normalized spacial score (nSPS) is 11.3. The predicted octanol–water partition coefficient (Wildman–Crippen LogP) is 4.25. The van der Waals surface area contributed by atoms with Crippen molar-refractivity contribution in [1.29, 1.82) is 0 Å². The number of nitrogens with one attached hydrogen (secondary N) is 2. The van der Waals surface area contributed by atoms with Crippen molar-refractivity contribution < 1.29 is 0 Å². The van der Waals surface area contributed by atoms with Gasteiger partial charge in [-0.05, 0) is 43.3 Å². The molecule has 0 saturated heterocycles. The van der Waals surface area contributed by atoms with Crippen LogP contribution in [0.15, 0.2) is 41.4 Å². The standard InChI is InChI=1S/C20H30N4S.HI/c1-5-18-10-11-19(25-18)14-23-20(21-3)22-13-16-8-7-9-17(12-16)15-24(4)6-2;/h7-12H,5-6,13-15H2,1-4H3,(H2,21,22,23);1H. The number of rotatable bonds is 8. The molecular formula is C20H31IN4S. The molecule has 0 spiro atoms. The Bertz CT molecular complexity index is 684. The molecule has 0 bridgehead atoms. The van der Waals surface area contributed by atoms with Crippen LogP contribution in [0.5, 0.6) is 0 Å². The predicted molar refractivity (Wildman–Crippen MR) is 125 cm³/mol. The van der Waals surface area contributed by atoms with Crippen LogP contribution >= 0.6 is 35.3 Å². The Hall–Kier alpha value is -1.12. The summed E-state index contributed by atoms with van der Waals surface area (Å²) in [5.74, 6) is 0.836. The molecule has 0 aliphatic rings. The molecule has 0 amide bonds. The van der Waals surface area contributed by atoms with E-state index in [0.29, 0.717) is 0 Å². The lowest BCUT2D eigenvalue weighted by atomic mass is 10.1. The molecule has 0 aliphatic carbocycles. The molecule has 2 N–H and O–H groups in total. The fourth-order valence-corrected chi connectivity index (χ4v) is 3.44. The number of thiophene rings is 1. The van der Waals surface area contributed by atoms with Crippen LogP contribution in [0.1, 0.15) is 34.7 Å². The summed E-state index contributed by atoms with van der Waals surface area (Å²) in [6, 6.07) is 13.1. The molecule has 0 aliphatic heterocycles. The van der Waals surface area contributed by atoms with Gasteiger partial charge >= 0.3 is 0 Å². The Morgan fingerprint density at radius 3 is 2.38 bits per heavy atom. The first kappa shape index (κ1) is 22.9. The quantitative estimate of drug-likeness (QED) is 0.333. The van der Waals surface area contributed by atoms with Crippen molar-refractivity contribution in [1.82, 2.24) is 15.5 Å². The summed E-state index contributed by atoms with van der Waals surface area (Å²) < 4.78 is 0. The monoisotopic (exact) mass is 486 g/mol. The summed E-state index contributed by atoms with van der Waals surface area (Å²) in [6.07, 6.45) is 1.10. The highest BCUT2D eigenvalue weighted by atomic mass is 127. The van der Waals surface area contributed by atoms with E-state index in [1.165, 1.54) is 20.9 Å². The zero-order valence-corrected chi connectivity index (χ0v) is 19.4. The summed E-state index contributed by atoms with van der Waals surface area (Å²) in [6.45, 7) is 7.99.